The van der Waals surface area contributed by atoms with Crippen LogP contribution in [0.25, 0.3) is 0 Å². The first-order valence-corrected chi connectivity index (χ1v) is 12.8. The average Bonchev–Trinajstić information content (AvgIpc) is 3.22. The molecule has 2 aromatic carbocycles. The summed E-state index contributed by atoms with van der Waals surface area (Å²) in [7, 11) is 0. The fourth-order valence-corrected chi connectivity index (χ4v) is 7.32. The van der Waals surface area contributed by atoms with Crippen LogP contribution in [0.1, 0.15) is 31.2 Å². The minimum Gasteiger partial charge on any atom is -0.508 e. The molecule has 196 valence electrons. The first-order chi connectivity index (χ1) is 18.0. The molecule has 2 saturated heterocycles. The van der Waals surface area contributed by atoms with Gasteiger partial charge in [-0.05, 0) is 62.1 Å². The predicted octanol–water partition coefficient (Wildman–Crippen LogP) is 4.46. The molecule has 1 saturated carbocycles. The first kappa shape index (κ1) is 25.0. The number of benzene rings is 2. The van der Waals surface area contributed by atoms with Crippen molar-refractivity contribution >= 4 is 52.5 Å². The van der Waals surface area contributed by atoms with Crippen molar-refractivity contribution in [1.82, 2.24) is 5.06 Å². The molecule has 3 fully saturated rings. The van der Waals surface area contributed by atoms with Gasteiger partial charge in [0.2, 0.25) is 11.8 Å². The van der Waals surface area contributed by atoms with E-state index in [2.05, 4.69) is 0 Å². The Morgan fingerprint density at radius 3 is 2.45 bits per heavy atom. The van der Waals surface area contributed by atoms with Gasteiger partial charge in [0.1, 0.15) is 11.6 Å². The molecule has 2 aliphatic carbocycles. The minimum absolute atomic E-state index is 0.0597. The molecule has 6 atom stereocenters. The topological polar surface area (TPSA) is 115 Å². The molecule has 4 aliphatic rings. The Morgan fingerprint density at radius 2 is 1.74 bits per heavy atom. The molecule has 2 heterocycles. The number of hydroxylamine groups is 2. The van der Waals surface area contributed by atoms with Gasteiger partial charge < -0.3 is 5.11 Å². The number of nitrogens with zero attached hydrogens (tertiary/aromatic N) is 2. The van der Waals surface area contributed by atoms with Crippen molar-refractivity contribution in [3.05, 3.63) is 69.5 Å². The van der Waals surface area contributed by atoms with E-state index in [1.807, 2.05) is 0 Å². The highest BCUT2D eigenvalue weighted by Gasteiger charge is 2.68. The second-order valence-electron chi connectivity index (χ2n) is 10.5. The zero-order valence-corrected chi connectivity index (χ0v) is 21.4. The lowest BCUT2D eigenvalue weighted by Gasteiger charge is -2.49. The quantitative estimate of drug-likeness (QED) is 0.319. The molecule has 38 heavy (non-hydrogen) atoms. The van der Waals surface area contributed by atoms with E-state index in [-0.39, 0.29) is 34.4 Å². The predicted molar refractivity (Wildman–Crippen MR) is 133 cm³/mol. The number of carbonyl (C=O) groups is 4. The Kier molecular flexibility index (Phi) is 5.51. The normalized spacial score (nSPS) is 32.3. The smallest absolute Gasteiger partial charge is 0.257 e. The Hall–Kier alpha value is -3.27. The van der Waals surface area contributed by atoms with Crippen molar-refractivity contribution in [2.75, 3.05) is 4.90 Å². The SMILES string of the molecule is CC12C(=O)N(c3ccc(F)c(Cl)c3)C(=O)C1CC1C(=CCC3C(=O)N(O)C(=O)C31)C2c1cc(Cl)ccc1O. The van der Waals surface area contributed by atoms with Gasteiger partial charge in [-0.1, -0.05) is 34.9 Å². The summed E-state index contributed by atoms with van der Waals surface area (Å²) in [6.45, 7) is 1.64. The van der Waals surface area contributed by atoms with Crippen molar-refractivity contribution in [3.8, 4) is 5.75 Å². The number of aromatic hydroxyl groups is 1. The van der Waals surface area contributed by atoms with Gasteiger partial charge in [-0.15, -0.1) is 0 Å². The molecule has 2 aromatic rings. The summed E-state index contributed by atoms with van der Waals surface area (Å²) in [4.78, 5) is 54.6. The molecule has 11 heteroatoms. The molecule has 0 spiro atoms. The standard InChI is InChI=1S/C27H21Cl2FN2O6/c1-27-17(24(35)31(26(27)37)12-3-6-19(30)18(29)9-12)10-15-13(22(27)16-8-11(28)2-7-20(16)33)4-5-14-21(15)25(36)32(38)23(14)34/h2-4,6-9,14-15,17,21-22,33,38H,5,10H2,1H3. The maximum Gasteiger partial charge on any atom is 0.257 e. The summed E-state index contributed by atoms with van der Waals surface area (Å²) >= 11 is 12.3. The van der Waals surface area contributed by atoms with Crippen LogP contribution in [0.2, 0.25) is 10.0 Å². The van der Waals surface area contributed by atoms with Gasteiger partial charge in [-0.3, -0.25) is 24.4 Å². The summed E-state index contributed by atoms with van der Waals surface area (Å²) in [5.74, 6) is -7.66. The van der Waals surface area contributed by atoms with E-state index in [4.69, 9.17) is 23.2 Å². The number of carbonyl (C=O) groups excluding carboxylic acids is 4. The fourth-order valence-electron chi connectivity index (χ4n) is 6.97. The highest BCUT2D eigenvalue weighted by molar-refractivity contribution is 6.32. The van der Waals surface area contributed by atoms with E-state index < -0.39 is 64.5 Å². The average molecular weight is 559 g/mol. The number of rotatable bonds is 2. The van der Waals surface area contributed by atoms with Crippen LogP contribution >= 0.6 is 23.2 Å². The molecule has 0 bridgehead atoms. The van der Waals surface area contributed by atoms with Gasteiger partial charge in [-0.2, -0.15) is 5.06 Å². The third-order valence-electron chi connectivity index (χ3n) is 8.71. The van der Waals surface area contributed by atoms with Crippen molar-refractivity contribution in [1.29, 1.82) is 0 Å². The fraction of sp³-hybridized carbons (Fsp3) is 0.333. The van der Waals surface area contributed by atoms with E-state index in [0.29, 0.717) is 16.2 Å². The maximum absolute atomic E-state index is 14.2. The molecule has 0 aromatic heterocycles. The summed E-state index contributed by atoms with van der Waals surface area (Å²) in [5, 5.41) is 21.2. The molecule has 6 unspecified atom stereocenters. The van der Waals surface area contributed by atoms with Gasteiger partial charge in [0.25, 0.3) is 11.8 Å². The van der Waals surface area contributed by atoms with Gasteiger partial charge in [0.05, 0.1) is 33.9 Å². The summed E-state index contributed by atoms with van der Waals surface area (Å²) in [6, 6.07) is 7.95. The van der Waals surface area contributed by atoms with Crippen molar-refractivity contribution < 1.29 is 33.9 Å². The van der Waals surface area contributed by atoms with Crippen LogP contribution in [-0.2, 0) is 19.2 Å². The molecule has 2 N–H and O–H groups in total. The second kappa shape index (κ2) is 8.36. The van der Waals surface area contributed by atoms with Gasteiger partial charge >= 0.3 is 0 Å². The van der Waals surface area contributed by atoms with Gasteiger partial charge in [-0.25, -0.2) is 9.29 Å². The lowest BCUT2D eigenvalue weighted by atomic mass is 9.51. The number of anilines is 1. The van der Waals surface area contributed by atoms with E-state index in [9.17, 15) is 33.9 Å². The Morgan fingerprint density at radius 1 is 1.00 bits per heavy atom. The molecule has 6 rings (SSSR count). The van der Waals surface area contributed by atoms with E-state index in [1.165, 1.54) is 30.3 Å². The van der Waals surface area contributed by atoms with E-state index in [1.54, 1.807) is 13.0 Å². The van der Waals surface area contributed by atoms with Crippen molar-refractivity contribution in [3.63, 3.8) is 0 Å². The molecular weight excluding hydrogens is 538 g/mol. The number of imide groups is 2. The molecular formula is C27H21Cl2FN2O6. The van der Waals surface area contributed by atoms with Gasteiger partial charge in [0.15, 0.2) is 0 Å². The third-order valence-corrected chi connectivity index (χ3v) is 9.24. The van der Waals surface area contributed by atoms with E-state index in [0.717, 1.165) is 11.0 Å². The van der Waals surface area contributed by atoms with Crippen LogP contribution in [0.3, 0.4) is 0 Å². The van der Waals surface area contributed by atoms with Gasteiger partial charge in [0, 0.05) is 16.5 Å². The second-order valence-corrected chi connectivity index (χ2v) is 11.3. The van der Waals surface area contributed by atoms with Crippen LogP contribution in [-0.4, -0.2) is 39.0 Å². The number of hydrogen-bond donors (Lipinski definition) is 2. The number of allylic oxidation sites excluding steroid dienone is 2. The van der Waals surface area contributed by atoms with Crippen LogP contribution in [0, 0.1) is 34.9 Å². The lowest BCUT2D eigenvalue weighted by molar-refractivity contribution is -0.173. The van der Waals surface area contributed by atoms with E-state index >= 15 is 0 Å². The number of hydrogen-bond acceptors (Lipinski definition) is 6. The number of amides is 4. The highest BCUT2D eigenvalue weighted by atomic mass is 35.5. The summed E-state index contributed by atoms with van der Waals surface area (Å²) in [6.07, 6.45) is 1.98. The minimum atomic E-state index is -1.42. The first-order valence-electron chi connectivity index (χ1n) is 12.0. The number of phenolic OH excluding ortho intramolecular Hbond substituents is 1. The summed E-state index contributed by atoms with van der Waals surface area (Å²) in [5.41, 5.74) is -0.393. The lowest BCUT2D eigenvalue weighted by Crippen LogP contribution is -2.48. The molecule has 2 aliphatic heterocycles. The van der Waals surface area contributed by atoms with Crippen molar-refractivity contribution in [2.45, 2.75) is 25.7 Å². The van der Waals surface area contributed by atoms with Crippen LogP contribution in [0.5, 0.6) is 5.75 Å². The van der Waals surface area contributed by atoms with Crippen LogP contribution in [0.15, 0.2) is 48.0 Å². The number of halogens is 3. The van der Waals surface area contributed by atoms with Crippen LogP contribution in [0.4, 0.5) is 10.1 Å². The largest absolute Gasteiger partial charge is 0.508 e. The zero-order valence-electron chi connectivity index (χ0n) is 19.9. The monoisotopic (exact) mass is 558 g/mol. The number of fused-ring (bicyclic) bond motifs is 4. The Balaban J connectivity index is 1.56. The highest BCUT2D eigenvalue weighted by Crippen LogP contribution is 2.64. The maximum atomic E-state index is 14.2. The Labute approximate surface area is 226 Å². The molecule has 8 nitrogen and oxygen atoms in total. The van der Waals surface area contributed by atoms with Crippen LogP contribution < -0.4 is 4.90 Å². The third kappa shape index (κ3) is 3.18. The Bertz CT molecular complexity index is 1490. The molecule has 0 radical (unpaired) electrons. The number of phenols is 1. The van der Waals surface area contributed by atoms with Crippen molar-refractivity contribution in [2.24, 2.45) is 29.1 Å². The summed E-state index contributed by atoms with van der Waals surface area (Å²) < 4.78 is 13.9. The molecule has 4 amide bonds. The zero-order chi connectivity index (χ0) is 27.3.